The van der Waals surface area contributed by atoms with E-state index in [1.165, 1.54) is 0 Å². The van der Waals surface area contributed by atoms with Gasteiger partial charge in [-0.15, -0.1) is 11.6 Å². The van der Waals surface area contributed by atoms with Gasteiger partial charge in [-0.25, -0.2) is 9.97 Å². The smallest absolute Gasteiger partial charge is 0.130 e. The van der Waals surface area contributed by atoms with Crippen molar-refractivity contribution in [3.8, 4) is 0 Å². The molecule has 0 atom stereocenters. The van der Waals surface area contributed by atoms with Crippen molar-refractivity contribution >= 4 is 11.6 Å². The van der Waals surface area contributed by atoms with Crippen molar-refractivity contribution in [1.29, 1.82) is 0 Å². The van der Waals surface area contributed by atoms with Gasteiger partial charge >= 0.3 is 0 Å². The van der Waals surface area contributed by atoms with Crippen LogP contribution >= 0.6 is 11.6 Å². The van der Waals surface area contributed by atoms with Gasteiger partial charge in [0.2, 0.25) is 0 Å². The van der Waals surface area contributed by atoms with E-state index in [0.29, 0.717) is 11.8 Å². The first kappa shape index (κ1) is 8.47. The van der Waals surface area contributed by atoms with E-state index in [4.69, 9.17) is 11.6 Å². The highest BCUT2D eigenvalue weighted by Gasteiger charge is 2.00. The molecule has 0 N–H and O–H groups in total. The fourth-order valence-electron chi connectivity index (χ4n) is 0.732. The number of aromatic nitrogens is 2. The van der Waals surface area contributed by atoms with E-state index < -0.39 is 0 Å². The zero-order valence-electron chi connectivity index (χ0n) is 6.71. The summed E-state index contributed by atoms with van der Waals surface area (Å²) in [6.45, 7) is 4.13. The van der Waals surface area contributed by atoms with Crippen LogP contribution in [0.5, 0.6) is 0 Å². The highest BCUT2D eigenvalue weighted by atomic mass is 35.5. The topological polar surface area (TPSA) is 25.8 Å². The van der Waals surface area contributed by atoms with Crippen LogP contribution in [0, 0.1) is 0 Å². The summed E-state index contributed by atoms with van der Waals surface area (Å²) in [5.41, 5.74) is 0.969. The number of nitrogens with zero attached hydrogens (tertiary/aromatic N) is 2. The SMILES string of the molecule is CC(C)c1ncc(CCl)cn1. The van der Waals surface area contributed by atoms with E-state index in [1.54, 1.807) is 12.4 Å². The van der Waals surface area contributed by atoms with Crippen molar-refractivity contribution < 1.29 is 0 Å². The maximum Gasteiger partial charge on any atom is 0.130 e. The molecule has 11 heavy (non-hydrogen) atoms. The number of alkyl halides is 1. The predicted octanol–water partition coefficient (Wildman–Crippen LogP) is 2.34. The van der Waals surface area contributed by atoms with Gasteiger partial charge in [0.15, 0.2) is 0 Å². The maximum atomic E-state index is 5.58. The minimum Gasteiger partial charge on any atom is -0.241 e. The Labute approximate surface area is 71.6 Å². The standard InChI is InChI=1S/C8H11ClN2/c1-6(2)8-10-4-7(3-9)5-11-8/h4-6H,3H2,1-2H3. The van der Waals surface area contributed by atoms with E-state index in [9.17, 15) is 0 Å². The molecule has 0 bridgehead atoms. The number of hydrogen-bond donors (Lipinski definition) is 0. The van der Waals surface area contributed by atoms with Crippen molar-refractivity contribution in [3.05, 3.63) is 23.8 Å². The molecule has 0 unspecified atom stereocenters. The van der Waals surface area contributed by atoms with E-state index in [0.717, 1.165) is 11.4 Å². The van der Waals surface area contributed by atoms with Crippen LogP contribution in [-0.2, 0) is 5.88 Å². The van der Waals surface area contributed by atoms with Crippen molar-refractivity contribution in [2.45, 2.75) is 25.6 Å². The molecule has 0 spiro atoms. The molecule has 3 heteroatoms. The first-order chi connectivity index (χ1) is 5.24. The Morgan fingerprint density at radius 2 is 1.91 bits per heavy atom. The average Bonchev–Trinajstić information content (AvgIpc) is 2.05. The summed E-state index contributed by atoms with van der Waals surface area (Å²) in [4.78, 5) is 8.31. The van der Waals surface area contributed by atoms with Crippen LogP contribution in [0.2, 0.25) is 0 Å². The summed E-state index contributed by atoms with van der Waals surface area (Å²) in [5.74, 6) is 1.75. The van der Waals surface area contributed by atoms with Crippen LogP contribution in [0.1, 0.15) is 31.2 Å². The molecular weight excluding hydrogens is 160 g/mol. The predicted molar refractivity (Wildman–Crippen MR) is 45.7 cm³/mol. The number of halogens is 1. The Bertz CT molecular complexity index is 218. The molecule has 0 saturated carbocycles. The average molecular weight is 171 g/mol. The first-order valence-corrected chi connectivity index (χ1v) is 4.14. The van der Waals surface area contributed by atoms with Gasteiger partial charge in [-0.3, -0.25) is 0 Å². The van der Waals surface area contributed by atoms with Gasteiger partial charge in [0.05, 0.1) is 5.88 Å². The van der Waals surface area contributed by atoms with Crippen LogP contribution < -0.4 is 0 Å². The fraction of sp³-hybridized carbons (Fsp3) is 0.500. The van der Waals surface area contributed by atoms with Crippen LogP contribution in [0.15, 0.2) is 12.4 Å². The van der Waals surface area contributed by atoms with Gasteiger partial charge in [-0.05, 0) is 0 Å². The maximum absolute atomic E-state index is 5.58. The summed E-state index contributed by atoms with van der Waals surface area (Å²) in [6.07, 6.45) is 3.55. The Balaban J connectivity index is 2.83. The van der Waals surface area contributed by atoms with Crippen LogP contribution in [0.3, 0.4) is 0 Å². The van der Waals surface area contributed by atoms with Crippen LogP contribution in [-0.4, -0.2) is 9.97 Å². The Morgan fingerprint density at radius 1 is 1.36 bits per heavy atom. The zero-order valence-corrected chi connectivity index (χ0v) is 7.47. The quantitative estimate of drug-likeness (QED) is 0.637. The van der Waals surface area contributed by atoms with E-state index in [2.05, 4.69) is 23.8 Å². The Morgan fingerprint density at radius 3 is 2.27 bits per heavy atom. The molecule has 1 heterocycles. The molecule has 1 rings (SSSR count). The van der Waals surface area contributed by atoms with Crippen molar-refractivity contribution in [2.24, 2.45) is 0 Å². The summed E-state index contributed by atoms with van der Waals surface area (Å²) >= 11 is 5.58. The number of rotatable bonds is 2. The Hall–Kier alpha value is -0.630. The normalized spacial score (nSPS) is 10.5. The van der Waals surface area contributed by atoms with Crippen molar-refractivity contribution in [3.63, 3.8) is 0 Å². The second-order valence-corrected chi connectivity index (χ2v) is 3.01. The Kier molecular flexibility index (Phi) is 2.83. The lowest BCUT2D eigenvalue weighted by Gasteiger charge is -2.01. The minimum atomic E-state index is 0.388. The zero-order chi connectivity index (χ0) is 8.27. The van der Waals surface area contributed by atoms with Crippen molar-refractivity contribution in [2.75, 3.05) is 0 Å². The molecule has 0 aliphatic rings. The van der Waals surface area contributed by atoms with Crippen LogP contribution in [0.25, 0.3) is 0 Å². The molecule has 0 radical (unpaired) electrons. The third kappa shape index (κ3) is 2.15. The molecule has 1 aromatic heterocycles. The molecular formula is C8H11ClN2. The first-order valence-electron chi connectivity index (χ1n) is 3.61. The third-order valence-corrected chi connectivity index (χ3v) is 1.70. The monoisotopic (exact) mass is 170 g/mol. The molecule has 1 aromatic rings. The summed E-state index contributed by atoms with van der Waals surface area (Å²) in [5, 5.41) is 0. The molecule has 0 aliphatic carbocycles. The minimum absolute atomic E-state index is 0.388. The lowest BCUT2D eigenvalue weighted by molar-refractivity contribution is 0.770. The summed E-state index contributed by atoms with van der Waals surface area (Å²) in [7, 11) is 0. The third-order valence-electron chi connectivity index (χ3n) is 1.40. The molecule has 0 saturated heterocycles. The highest BCUT2D eigenvalue weighted by molar-refractivity contribution is 6.17. The van der Waals surface area contributed by atoms with E-state index in [-0.39, 0.29) is 0 Å². The molecule has 2 nitrogen and oxygen atoms in total. The lowest BCUT2D eigenvalue weighted by atomic mass is 10.2. The lowest BCUT2D eigenvalue weighted by Crippen LogP contribution is -1.97. The second kappa shape index (κ2) is 3.67. The van der Waals surface area contributed by atoms with Gasteiger partial charge in [-0.1, -0.05) is 13.8 Å². The molecule has 0 aromatic carbocycles. The molecule has 0 amide bonds. The van der Waals surface area contributed by atoms with Crippen molar-refractivity contribution in [1.82, 2.24) is 9.97 Å². The van der Waals surface area contributed by atoms with Gasteiger partial charge < -0.3 is 0 Å². The van der Waals surface area contributed by atoms with E-state index in [1.807, 2.05) is 0 Å². The fourth-order valence-corrected chi connectivity index (χ4v) is 0.870. The van der Waals surface area contributed by atoms with Gasteiger partial charge in [0.1, 0.15) is 5.82 Å². The van der Waals surface area contributed by atoms with Gasteiger partial charge in [0, 0.05) is 23.9 Å². The highest BCUT2D eigenvalue weighted by Crippen LogP contribution is 2.08. The van der Waals surface area contributed by atoms with Gasteiger partial charge in [-0.2, -0.15) is 0 Å². The largest absolute Gasteiger partial charge is 0.241 e. The van der Waals surface area contributed by atoms with Gasteiger partial charge in [0.25, 0.3) is 0 Å². The molecule has 0 fully saturated rings. The summed E-state index contributed by atoms with van der Waals surface area (Å²) < 4.78 is 0. The molecule has 60 valence electrons. The molecule has 0 aliphatic heterocycles. The van der Waals surface area contributed by atoms with E-state index >= 15 is 0 Å². The van der Waals surface area contributed by atoms with Crippen LogP contribution in [0.4, 0.5) is 0 Å². The second-order valence-electron chi connectivity index (χ2n) is 2.74. The summed E-state index contributed by atoms with van der Waals surface area (Å²) in [6, 6.07) is 0. The number of hydrogen-bond acceptors (Lipinski definition) is 2.